The van der Waals surface area contributed by atoms with Gasteiger partial charge in [0.05, 0.1) is 6.42 Å². The number of aliphatic carboxylic acids is 1. The molecule has 0 saturated carbocycles. The van der Waals surface area contributed by atoms with E-state index in [9.17, 15) is 14.2 Å². The van der Waals surface area contributed by atoms with E-state index in [1.165, 1.54) is 0 Å². The summed E-state index contributed by atoms with van der Waals surface area (Å²) in [7, 11) is -4.56. The van der Waals surface area contributed by atoms with Crippen LogP contribution < -0.4 is 11.1 Å². The Morgan fingerprint density at radius 1 is 1.50 bits per heavy atom. The molecule has 0 aromatic heterocycles. The Bertz CT molecular complexity index is 338. The minimum atomic E-state index is -4.56. The summed E-state index contributed by atoms with van der Waals surface area (Å²) in [4.78, 5) is 38.8. The molecule has 1 amide bonds. The van der Waals surface area contributed by atoms with Gasteiger partial charge in [-0.25, -0.2) is 0 Å². The van der Waals surface area contributed by atoms with Gasteiger partial charge < -0.3 is 20.6 Å². The number of nitrogens with one attached hydrogen (secondary N) is 1. The molecule has 0 aliphatic carbocycles. The third-order valence-electron chi connectivity index (χ3n) is 1.66. The number of carbonyl (C=O) groups excluding carboxylic acids is 1. The summed E-state index contributed by atoms with van der Waals surface area (Å²) in [5, 5.41) is 10.8. The van der Waals surface area contributed by atoms with Crippen molar-refractivity contribution in [2.75, 3.05) is 0 Å². The van der Waals surface area contributed by atoms with Gasteiger partial charge in [-0.15, -0.1) is 6.58 Å². The maximum Gasteiger partial charge on any atom is 0.346 e. The number of nitrogens with two attached hydrogens (primary N) is 1. The molecule has 16 heavy (non-hydrogen) atoms. The van der Waals surface area contributed by atoms with Gasteiger partial charge in [-0.1, -0.05) is 6.08 Å². The number of hydrogen-bond donors (Lipinski definition) is 5. The van der Waals surface area contributed by atoms with Crippen LogP contribution in [0.2, 0.25) is 0 Å². The lowest BCUT2D eigenvalue weighted by molar-refractivity contribution is -0.141. The maximum atomic E-state index is 10.9. The van der Waals surface area contributed by atoms with Crippen LogP contribution in [-0.4, -0.2) is 38.6 Å². The van der Waals surface area contributed by atoms with Crippen molar-refractivity contribution in [3.8, 4) is 0 Å². The first-order valence-corrected chi connectivity index (χ1v) is 5.81. The van der Waals surface area contributed by atoms with Gasteiger partial charge in [0.2, 0.25) is 5.91 Å². The van der Waals surface area contributed by atoms with Gasteiger partial charge in [-0.05, 0) is 0 Å². The normalized spacial score (nSPS) is 15.1. The summed E-state index contributed by atoms with van der Waals surface area (Å²) in [6, 6.07) is -1.46. The maximum absolute atomic E-state index is 10.9. The van der Waals surface area contributed by atoms with Crippen LogP contribution in [0.5, 0.6) is 0 Å². The number of primary amides is 1. The fourth-order valence-corrected chi connectivity index (χ4v) is 1.58. The van der Waals surface area contributed by atoms with E-state index in [0.29, 0.717) is 0 Å². The van der Waals surface area contributed by atoms with Crippen molar-refractivity contribution in [2.24, 2.45) is 5.73 Å². The lowest BCUT2D eigenvalue weighted by Gasteiger charge is -2.20. The van der Waals surface area contributed by atoms with Crippen LogP contribution in [-0.2, 0) is 14.2 Å². The molecule has 0 spiro atoms. The predicted molar refractivity (Wildman–Crippen MR) is 54.4 cm³/mol. The van der Waals surface area contributed by atoms with E-state index >= 15 is 0 Å². The van der Waals surface area contributed by atoms with Crippen LogP contribution in [0.4, 0.5) is 0 Å². The SMILES string of the molecule is C=CC(NC(CC(N)=O)C(=O)O)P(=O)(O)O. The number of hydrogen-bond acceptors (Lipinski definition) is 4. The smallest absolute Gasteiger partial charge is 0.346 e. The summed E-state index contributed by atoms with van der Waals surface area (Å²) < 4.78 is 10.9. The van der Waals surface area contributed by atoms with Crippen LogP contribution in [0.3, 0.4) is 0 Å². The Hall–Kier alpha value is -1.21. The van der Waals surface area contributed by atoms with Crippen LogP contribution in [0.1, 0.15) is 6.42 Å². The second-order valence-corrected chi connectivity index (χ2v) is 4.73. The molecule has 9 heteroatoms. The van der Waals surface area contributed by atoms with Crippen LogP contribution in [0.15, 0.2) is 12.7 Å². The molecule has 0 aliphatic rings. The first-order valence-electron chi connectivity index (χ1n) is 4.13. The summed E-state index contributed by atoms with van der Waals surface area (Å²) in [6.45, 7) is 3.16. The molecular formula is C7H13N2O6P. The van der Waals surface area contributed by atoms with Gasteiger partial charge in [0.25, 0.3) is 0 Å². The largest absolute Gasteiger partial charge is 0.480 e. The standard InChI is InChI=1S/C7H13N2O6P/c1-2-6(16(13,14)15)9-4(7(11)12)3-5(8)10/h2,4,6,9H,1,3H2,(H2,8,10)(H,11,12)(H2,13,14,15). The molecule has 0 aliphatic heterocycles. The summed E-state index contributed by atoms with van der Waals surface area (Å²) in [6.07, 6.45) is 0.303. The van der Waals surface area contributed by atoms with Gasteiger partial charge in [0, 0.05) is 0 Å². The highest BCUT2D eigenvalue weighted by atomic mass is 31.2. The number of carboxylic acids is 1. The minimum absolute atomic E-state index is 0.570. The quantitative estimate of drug-likeness (QED) is 0.276. The van der Waals surface area contributed by atoms with Gasteiger partial charge in [-0.2, -0.15) is 0 Å². The van der Waals surface area contributed by atoms with Gasteiger partial charge in [0.15, 0.2) is 0 Å². The first-order chi connectivity index (χ1) is 7.18. The minimum Gasteiger partial charge on any atom is -0.480 e. The summed E-state index contributed by atoms with van der Waals surface area (Å²) >= 11 is 0. The van der Waals surface area contributed by atoms with E-state index in [4.69, 9.17) is 20.6 Å². The monoisotopic (exact) mass is 252 g/mol. The second-order valence-electron chi connectivity index (χ2n) is 3.00. The Labute approximate surface area is 91.3 Å². The Morgan fingerprint density at radius 3 is 2.25 bits per heavy atom. The molecule has 0 bridgehead atoms. The third-order valence-corrected chi connectivity index (χ3v) is 2.75. The van der Waals surface area contributed by atoms with Crippen molar-refractivity contribution in [2.45, 2.75) is 18.2 Å². The molecule has 0 fully saturated rings. The summed E-state index contributed by atoms with van der Waals surface area (Å²) in [5.74, 6) is -3.86. The van der Waals surface area contributed by atoms with Gasteiger partial charge in [-0.3, -0.25) is 19.5 Å². The fraction of sp³-hybridized carbons (Fsp3) is 0.429. The van der Waals surface area contributed by atoms with E-state index in [-0.39, 0.29) is 0 Å². The zero-order chi connectivity index (χ0) is 12.9. The predicted octanol–water partition coefficient (Wildman–Crippen LogP) is -1.41. The highest BCUT2D eigenvalue weighted by molar-refractivity contribution is 7.52. The molecule has 0 heterocycles. The van der Waals surface area contributed by atoms with Crippen LogP contribution >= 0.6 is 7.60 Å². The highest BCUT2D eigenvalue weighted by Crippen LogP contribution is 2.40. The molecule has 8 nitrogen and oxygen atoms in total. The Morgan fingerprint density at radius 2 is 2.00 bits per heavy atom. The molecule has 6 N–H and O–H groups in total. The fourth-order valence-electron chi connectivity index (χ4n) is 0.927. The van der Waals surface area contributed by atoms with Crippen molar-refractivity contribution >= 4 is 19.5 Å². The molecule has 92 valence electrons. The van der Waals surface area contributed by atoms with Crippen LogP contribution in [0.25, 0.3) is 0 Å². The lowest BCUT2D eigenvalue weighted by Crippen LogP contribution is -2.44. The average Bonchev–Trinajstić information content (AvgIpc) is 2.08. The first kappa shape index (κ1) is 14.8. The molecule has 0 aromatic rings. The van der Waals surface area contributed by atoms with Crippen molar-refractivity contribution in [1.82, 2.24) is 5.32 Å². The zero-order valence-electron chi connectivity index (χ0n) is 8.24. The van der Waals surface area contributed by atoms with Gasteiger partial charge in [0.1, 0.15) is 11.8 Å². The van der Waals surface area contributed by atoms with Crippen molar-refractivity contribution in [3.05, 3.63) is 12.7 Å². The third kappa shape index (κ3) is 5.04. The molecule has 0 aromatic carbocycles. The summed E-state index contributed by atoms with van der Waals surface area (Å²) in [5.41, 5.74) is 4.80. The molecule has 0 radical (unpaired) electrons. The van der Waals surface area contributed by atoms with Crippen molar-refractivity contribution in [3.63, 3.8) is 0 Å². The van der Waals surface area contributed by atoms with E-state index in [1.54, 1.807) is 0 Å². The van der Waals surface area contributed by atoms with Gasteiger partial charge >= 0.3 is 13.6 Å². The van der Waals surface area contributed by atoms with E-state index < -0.39 is 37.7 Å². The molecule has 2 unspecified atom stereocenters. The number of carbonyl (C=O) groups is 2. The molecular weight excluding hydrogens is 239 g/mol. The van der Waals surface area contributed by atoms with E-state index in [0.717, 1.165) is 6.08 Å². The number of carboxylic acid groups (broad SMARTS) is 1. The van der Waals surface area contributed by atoms with Crippen LogP contribution in [0, 0.1) is 0 Å². The molecule has 0 saturated heterocycles. The van der Waals surface area contributed by atoms with Crippen molar-refractivity contribution < 1.29 is 29.0 Å². The lowest BCUT2D eigenvalue weighted by atomic mass is 10.2. The van der Waals surface area contributed by atoms with E-state index in [1.807, 2.05) is 0 Å². The average molecular weight is 252 g/mol. The van der Waals surface area contributed by atoms with Crippen molar-refractivity contribution in [1.29, 1.82) is 0 Å². The molecule has 2 atom stereocenters. The van der Waals surface area contributed by atoms with E-state index in [2.05, 4.69) is 11.9 Å². The molecule has 0 rings (SSSR count). The topological polar surface area (TPSA) is 150 Å². The second kappa shape index (κ2) is 5.76. The Balaban J connectivity index is 4.73. The number of amides is 1. The Kier molecular flexibility index (Phi) is 5.32. The zero-order valence-corrected chi connectivity index (χ0v) is 9.13. The highest BCUT2D eigenvalue weighted by Gasteiger charge is 2.31. The number of rotatable bonds is 7.